The van der Waals surface area contributed by atoms with E-state index in [-0.39, 0.29) is 19.2 Å². The van der Waals surface area contributed by atoms with Crippen LogP contribution in [0, 0.1) is 0 Å². The molecule has 0 radical (unpaired) electrons. The normalized spacial score (nSPS) is 14.4. The predicted octanol–water partition coefficient (Wildman–Crippen LogP) is 1.23. The fraction of sp³-hybridized carbons (Fsp3) is 1.00. The van der Waals surface area contributed by atoms with Crippen molar-refractivity contribution in [1.82, 2.24) is 10.2 Å². The highest BCUT2D eigenvalue weighted by Crippen LogP contribution is 2.19. The van der Waals surface area contributed by atoms with Gasteiger partial charge in [-0.15, -0.1) is 0 Å². The first-order valence-electron chi connectivity index (χ1n) is 5.48. The summed E-state index contributed by atoms with van der Waals surface area (Å²) in [5.74, 6) is 0. The maximum atomic E-state index is 11.9. The summed E-state index contributed by atoms with van der Waals surface area (Å²) in [6.45, 7) is 3.25. The van der Waals surface area contributed by atoms with Crippen LogP contribution in [0.2, 0.25) is 0 Å². The molecule has 0 heterocycles. The van der Waals surface area contributed by atoms with Crippen LogP contribution >= 0.6 is 0 Å². The zero-order valence-electron chi connectivity index (χ0n) is 9.85. The summed E-state index contributed by atoms with van der Waals surface area (Å²) >= 11 is 0. The Bertz CT molecular complexity index is 176. The molecular formula is C10H21F3N2O. The Labute approximate surface area is 94.6 Å². The molecule has 0 aromatic heterocycles. The molecule has 0 saturated heterocycles. The lowest BCUT2D eigenvalue weighted by Gasteiger charge is -2.21. The molecular weight excluding hydrogens is 221 g/mol. The van der Waals surface area contributed by atoms with Gasteiger partial charge >= 0.3 is 6.18 Å². The number of aliphatic hydroxyl groups excluding tert-OH is 1. The molecule has 0 aromatic rings. The van der Waals surface area contributed by atoms with E-state index in [1.807, 2.05) is 6.92 Å². The maximum absolute atomic E-state index is 11.9. The van der Waals surface area contributed by atoms with Gasteiger partial charge in [-0.1, -0.05) is 6.92 Å². The molecule has 0 aromatic carbocycles. The van der Waals surface area contributed by atoms with Crippen molar-refractivity contribution in [2.75, 3.05) is 33.3 Å². The molecule has 98 valence electrons. The van der Waals surface area contributed by atoms with Crippen LogP contribution in [0.25, 0.3) is 0 Å². The van der Waals surface area contributed by atoms with Gasteiger partial charge < -0.3 is 15.3 Å². The number of rotatable bonds is 8. The third-order valence-corrected chi connectivity index (χ3v) is 2.35. The van der Waals surface area contributed by atoms with Crippen LogP contribution in [0.5, 0.6) is 0 Å². The Morgan fingerprint density at radius 1 is 1.31 bits per heavy atom. The van der Waals surface area contributed by atoms with Crippen molar-refractivity contribution < 1.29 is 18.3 Å². The van der Waals surface area contributed by atoms with Crippen LogP contribution in [-0.2, 0) is 0 Å². The monoisotopic (exact) mass is 242 g/mol. The Morgan fingerprint density at radius 3 is 2.38 bits per heavy atom. The second-order valence-electron chi connectivity index (χ2n) is 3.89. The SMILES string of the molecule is CCNC(CO)CCN(C)CCC(F)(F)F. The highest BCUT2D eigenvalue weighted by molar-refractivity contribution is 4.67. The number of alkyl halides is 3. The third kappa shape index (κ3) is 8.94. The molecule has 0 fully saturated rings. The molecule has 1 atom stereocenters. The van der Waals surface area contributed by atoms with Gasteiger partial charge in [0.2, 0.25) is 0 Å². The first-order valence-corrected chi connectivity index (χ1v) is 5.48. The maximum Gasteiger partial charge on any atom is 0.390 e. The van der Waals surface area contributed by atoms with Gasteiger partial charge in [-0.05, 0) is 26.6 Å². The van der Waals surface area contributed by atoms with Crippen LogP contribution in [-0.4, -0.2) is 55.5 Å². The van der Waals surface area contributed by atoms with E-state index >= 15 is 0 Å². The minimum absolute atomic E-state index is 0.00771. The van der Waals surface area contributed by atoms with Crippen LogP contribution < -0.4 is 5.32 Å². The Balaban J connectivity index is 3.66. The fourth-order valence-corrected chi connectivity index (χ4v) is 1.35. The van der Waals surface area contributed by atoms with Crippen LogP contribution in [0.15, 0.2) is 0 Å². The topological polar surface area (TPSA) is 35.5 Å². The van der Waals surface area contributed by atoms with Crippen LogP contribution in [0.3, 0.4) is 0 Å². The lowest BCUT2D eigenvalue weighted by molar-refractivity contribution is -0.137. The van der Waals surface area contributed by atoms with Crippen molar-refractivity contribution in [3.8, 4) is 0 Å². The van der Waals surface area contributed by atoms with E-state index in [0.717, 1.165) is 6.54 Å². The Kier molecular flexibility index (Phi) is 7.70. The first kappa shape index (κ1) is 15.7. The summed E-state index contributed by atoms with van der Waals surface area (Å²) in [4.78, 5) is 1.63. The number of nitrogens with one attached hydrogen (secondary N) is 1. The summed E-state index contributed by atoms with van der Waals surface area (Å²) in [5, 5.41) is 12.0. The largest absolute Gasteiger partial charge is 0.395 e. The molecule has 3 nitrogen and oxygen atoms in total. The number of halogens is 3. The lowest BCUT2D eigenvalue weighted by Crippen LogP contribution is -2.36. The van der Waals surface area contributed by atoms with Crippen LogP contribution in [0.1, 0.15) is 19.8 Å². The van der Waals surface area contributed by atoms with E-state index in [1.54, 1.807) is 11.9 Å². The second kappa shape index (κ2) is 7.86. The fourth-order valence-electron chi connectivity index (χ4n) is 1.35. The van der Waals surface area contributed by atoms with Crippen LogP contribution in [0.4, 0.5) is 13.2 Å². The molecule has 0 bridgehead atoms. The Hall–Kier alpha value is -0.330. The zero-order chi connectivity index (χ0) is 12.6. The number of aliphatic hydroxyl groups is 1. The summed E-state index contributed by atoms with van der Waals surface area (Å²) in [6.07, 6.45) is -4.22. The van der Waals surface area contributed by atoms with Gasteiger partial charge in [0, 0.05) is 12.6 Å². The minimum atomic E-state index is -4.09. The van der Waals surface area contributed by atoms with Crippen molar-refractivity contribution in [1.29, 1.82) is 0 Å². The standard InChI is InChI=1S/C10H21F3N2O/c1-3-14-9(8-16)4-6-15(2)7-5-10(11,12)13/h9,14,16H,3-8H2,1-2H3. The molecule has 0 rings (SSSR count). The molecule has 0 aliphatic carbocycles. The van der Waals surface area contributed by atoms with E-state index < -0.39 is 12.6 Å². The minimum Gasteiger partial charge on any atom is -0.395 e. The van der Waals surface area contributed by atoms with E-state index in [2.05, 4.69) is 5.32 Å². The summed E-state index contributed by atoms with van der Waals surface area (Å²) < 4.78 is 35.8. The van der Waals surface area contributed by atoms with Gasteiger partial charge in [-0.3, -0.25) is 0 Å². The average Bonchev–Trinajstić information content (AvgIpc) is 2.20. The van der Waals surface area contributed by atoms with E-state index in [4.69, 9.17) is 5.11 Å². The number of likely N-dealkylation sites (N-methyl/N-ethyl adjacent to an activating group) is 1. The summed E-state index contributed by atoms with van der Waals surface area (Å²) in [6, 6.07) is -0.0293. The molecule has 2 N–H and O–H groups in total. The molecule has 0 spiro atoms. The molecule has 1 unspecified atom stereocenters. The quantitative estimate of drug-likeness (QED) is 0.672. The molecule has 6 heteroatoms. The van der Waals surface area contributed by atoms with Crippen molar-refractivity contribution >= 4 is 0 Å². The third-order valence-electron chi connectivity index (χ3n) is 2.35. The summed E-state index contributed by atoms with van der Waals surface area (Å²) in [5.41, 5.74) is 0. The highest BCUT2D eigenvalue weighted by Gasteiger charge is 2.27. The van der Waals surface area contributed by atoms with E-state index in [9.17, 15) is 13.2 Å². The van der Waals surface area contributed by atoms with Crippen molar-refractivity contribution in [2.24, 2.45) is 0 Å². The molecule has 16 heavy (non-hydrogen) atoms. The Morgan fingerprint density at radius 2 is 1.94 bits per heavy atom. The molecule has 0 aliphatic rings. The highest BCUT2D eigenvalue weighted by atomic mass is 19.4. The van der Waals surface area contributed by atoms with Gasteiger partial charge in [0.15, 0.2) is 0 Å². The molecule has 0 saturated carbocycles. The predicted molar refractivity (Wildman–Crippen MR) is 57.3 cm³/mol. The molecule has 0 aliphatic heterocycles. The number of nitrogens with zero attached hydrogens (tertiary/aromatic N) is 1. The van der Waals surface area contributed by atoms with Crippen molar-refractivity contribution in [3.05, 3.63) is 0 Å². The lowest BCUT2D eigenvalue weighted by atomic mass is 10.2. The van der Waals surface area contributed by atoms with Gasteiger partial charge in [-0.2, -0.15) is 13.2 Å². The number of hydrogen-bond donors (Lipinski definition) is 2. The first-order chi connectivity index (χ1) is 7.39. The van der Waals surface area contributed by atoms with E-state index in [1.165, 1.54) is 0 Å². The van der Waals surface area contributed by atoms with Crippen molar-refractivity contribution in [3.63, 3.8) is 0 Å². The summed E-state index contributed by atoms with van der Waals surface area (Å²) in [7, 11) is 1.66. The average molecular weight is 242 g/mol. The molecule has 0 amide bonds. The second-order valence-corrected chi connectivity index (χ2v) is 3.89. The van der Waals surface area contributed by atoms with Gasteiger partial charge in [0.1, 0.15) is 0 Å². The van der Waals surface area contributed by atoms with Crippen molar-refractivity contribution in [2.45, 2.75) is 32.0 Å². The van der Waals surface area contributed by atoms with E-state index in [0.29, 0.717) is 13.0 Å². The number of hydrogen-bond acceptors (Lipinski definition) is 3. The smallest absolute Gasteiger partial charge is 0.390 e. The zero-order valence-corrected chi connectivity index (χ0v) is 9.85. The van der Waals surface area contributed by atoms with Gasteiger partial charge in [0.05, 0.1) is 13.0 Å². The van der Waals surface area contributed by atoms with Gasteiger partial charge in [-0.25, -0.2) is 0 Å². The van der Waals surface area contributed by atoms with Gasteiger partial charge in [0.25, 0.3) is 0 Å².